The second-order valence-electron chi connectivity index (χ2n) is 33.2. The lowest BCUT2D eigenvalue weighted by Crippen LogP contribution is -2.30. The zero-order valence-electron chi connectivity index (χ0n) is 73.2. The number of benzene rings is 8. The first kappa shape index (κ1) is 97.6. The Balaban J connectivity index is 0.000000349. The summed E-state index contributed by atoms with van der Waals surface area (Å²) in [6.07, 6.45) is 28.4. The van der Waals surface area contributed by atoms with E-state index in [2.05, 4.69) is 283 Å². The number of carbonyl (C=O) groups is 4. The van der Waals surface area contributed by atoms with Crippen LogP contribution in [0.4, 0.5) is 0 Å². The Bertz CT molecular complexity index is 4220. The van der Waals surface area contributed by atoms with Crippen LogP contribution in [0.15, 0.2) is 289 Å². The number of allylic oxidation sites excluding steroid dienone is 8. The maximum atomic E-state index is 12.5. The average Bonchev–Trinajstić information content (AvgIpc) is 0.866. The van der Waals surface area contributed by atoms with Crippen molar-refractivity contribution in [2.45, 2.75) is 281 Å². The van der Waals surface area contributed by atoms with Crippen LogP contribution in [0.2, 0.25) is 0 Å². The molecule has 0 saturated heterocycles. The van der Waals surface area contributed by atoms with Crippen molar-refractivity contribution >= 4 is 23.9 Å². The lowest BCUT2D eigenvalue weighted by Gasteiger charge is -2.25. The van der Waals surface area contributed by atoms with Gasteiger partial charge in [-0.25, -0.2) is 19.2 Å². The van der Waals surface area contributed by atoms with Gasteiger partial charge in [-0.1, -0.05) is 296 Å². The minimum absolute atomic E-state index is 0.212. The molecule has 8 aromatic rings. The lowest BCUT2D eigenvalue weighted by atomic mass is 9.80. The molecular formula is C108H140O12. The third-order valence-corrected chi connectivity index (χ3v) is 23.5. The fourth-order valence-corrected chi connectivity index (χ4v) is 16.3. The van der Waals surface area contributed by atoms with E-state index in [0.717, 1.165) is 141 Å². The summed E-state index contributed by atoms with van der Waals surface area (Å²) in [5.41, 5.74) is 16.6. The van der Waals surface area contributed by atoms with Gasteiger partial charge < -0.3 is 39.4 Å². The Labute approximate surface area is 719 Å². The van der Waals surface area contributed by atoms with Crippen molar-refractivity contribution in [3.63, 3.8) is 0 Å². The van der Waals surface area contributed by atoms with Gasteiger partial charge in [0, 0.05) is 13.2 Å². The molecule has 12 heteroatoms. The molecule has 0 aromatic heterocycles. The molecule has 12 atom stereocenters. The summed E-state index contributed by atoms with van der Waals surface area (Å²) in [5, 5.41) is 37.9. The summed E-state index contributed by atoms with van der Waals surface area (Å²) < 4.78 is 20.9. The van der Waals surface area contributed by atoms with Crippen molar-refractivity contribution in [1.82, 2.24) is 0 Å². The van der Waals surface area contributed by atoms with Crippen LogP contribution in [0.5, 0.6) is 0 Å². The molecule has 0 saturated carbocycles. The Hall–Kier alpha value is -9.56. The standard InChI is InChI=1S/C60H78O10.C48H62O2/c1-43(35-37-55(51-29-15-9-16-30-51)41-53(49-25-11-7-12-26-49)33-19-20-39-67-59(65)47(5)69-57(63)45(3)61)23-21-24-44(2)36-38-56(52-31-17-10-18-32-52)42-54(50-27-13-8-14-28-50)34-22-40-68-60(66)48(6)70-58(64)46(4)62;1-39(31-33-47(43-25-11-5-12-26-43)37-45(29-15-16-35-49)41-21-7-3-8-22-41)19-17-20-40(2)32-34-48(44-27-13-6-14-28-44)38-46(30-18-36-50)42-23-9-4-10-24-42/h7-18,24-32,35,45-48,53-56,61-62H,19-23,33-34,36-42H2,1-6H3;3-14,20-28,31,45-50H,15-19,29-30,32-38H2,1-2H3/b43-35+,44-24+;39-31+,40-20+. The lowest BCUT2D eigenvalue weighted by molar-refractivity contribution is -0.171. The van der Waals surface area contributed by atoms with Gasteiger partial charge in [0.2, 0.25) is 0 Å². The van der Waals surface area contributed by atoms with E-state index in [4.69, 9.17) is 18.9 Å². The molecule has 4 N–H and O–H groups in total. The van der Waals surface area contributed by atoms with Gasteiger partial charge in [-0.15, -0.1) is 0 Å². The zero-order valence-corrected chi connectivity index (χ0v) is 73.2. The Morgan fingerprint density at radius 2 is 0.525 bits per heavy atom. The summed E-state index contributed by atoms with van der Waals surface area (Å²) >= 11 is 0. The van der Waals surface area contributed by atoms with E-state index in [0.29, 0.717) is 54.3 Å². The summed E-state index contributed by atoms with van der Waals surface area (Å²) in [7, 11) is 0. The molecule has 644 valence electrons. The third kappa shape index (κ3) is 37.6. The number of esters is 4. The molecule has 0 bridgehead atoms. The van der Waals surface area contributed by atoms with Gasteiger partial charge in [0.05, 0.1) is 13.2 Å². The second-order valence-corrected chi connectivity index (χ2v) is 33.2. The Morgan fingerprint density at radius 3 is 0.817 bits per heavy atom. The topological polar surface area (TPSA) is 186 Å². The minimum atomic E-state index is -1.31. The molecule has 12 unspecified atom stereocenters. The molecule has 0 aliphatic carbocycles. The van der Waals surface area contributed by atoms with Gasteiger partial charge in [0.1, 0.15) is 12.2 Å². The summed E-state index contributed by atoms with van der Waals surface area (Å²) in [6, 6.07) is 86.7. The average molecular weight is 1630 g/mol. The number of aliphatic hydroxyl groups excluding tert-OH is 4. The van der Waals surface area contributed by atoms with Crippen LogP contribution >= 0.6 is 0 Å². The van der Waals surface area contributed by atoms with Crippen molar-refractivity contribution in [3.05, 3.63) is 334 Å². The monoisotopic (exact) mass is 1630 g/mol. The highest BCUT2D eigenvalue weighted by Crippen LogP contribution is 2.42. The van der Waals surface area contributed by atoms with Crippen molar-refractivity contribution in [2.24, 2.45) is 0 Å². The van der Waals surface area contributed by atoms with Gasteiger partial charge in [0.15, 0.2) is 12.2 Å². The second kappa shape index (κ2) is 56.9. The predicted molar refractivity (Wildman–Crippen MR) is 490 cm³/mol. The number of rotatable bonds is 54. The molecule has 120 heavy (non-hydrogen) atoms. The first-order chi connectivity index (χ1) is 58.3. The number of hydrogen-bond acceptors (Lipinski definition) is 12. The Kier molecular flexibility index (Phi) is 46.2. The third-order valence-electron chi connectivity index (χ3n) is 23.5. The van der Waals surface area contributed by atoms with E-state index in [-0.39, 0.29) is 32.3 Å². The highest BCUT2D eigenvalue weighted by molar-refractivity contribution is 5.81. The van der Waals surface area contributed by atoms with Crippen LogP contribution in [-0.2, 0) is 38.1 Å². The molecular weight excluding hydrogens is 1490 g/mol. The number of ether oxygens (including phenoxy) is 4. The number of aliphatic hydroxyl groups is 4. The predicted octanol–water partition coefficient (Wildman–Crippen LogP) is 25.1. The maximum absolute atomic E-state index is 12.5. The highest BCUT2D eigenvalue weighted by atomic mass is 16.6. The fourth-order valence-electron chi connectivity index (χ4n) is 16.3. The number of unbranched alkanes of at least 4 members (excludes halogenated alkanes) is 2. The van der Waals surface area contributed by atoms with Crippen LogP contribution in [0, 0.1) is 0 Å². The van der Waals surface area contributed by atoms with Gasteiger partial charge >= 0.3 is 23.9 Å². The summed E-state index contributed by atoms with van der Waals surface area (Å²) in [5.74, 6) is 0.163. The largest absolute Gasteiger partial charge is 0.463 e. The van der Waals surface area contributed by atoms with E-state index in [1.165, 1.54) is 94.5 Å². The minimum Gasteiger partial charge on any atom is -0.463 e. The number of hydrogen-bond donors (Lipinski definition) is 4. The van der Waals surface area contributed by atoms with Gasteiger partial charge in [-0.2, -0.15) is 0 Å². The van der Waals surface area contributed by atoms with Crippen LogP contribution in [0.1, 0.15) is 301 Å². The van der Waals surface area contributed by atoms with Crippen LogP contribution in [0.25, 0.3) is 0 Å². The normalized spacial score (nSPS) is 15.0. The van der Waals surface area contributed by atoms with Crippen molar-refractivity contribution in [3.8, 4) is 0 Å². The maximum Gasteiger partial charge on any atom is 0.347 e. The molecule has 12 nitrogen and oxygen atoms in total. The van der Waals surface area contributed by atoms with E-state index in [9.17, 15) is 39.6 Å². The van der Waals surface area contributed by atoms with Gasteiger partial charge in [-0.3, -0.25) is 0 Å². The summed E-state index contributed by atoms with van der Waals surface area (Å²) in [4.78, 5) is 48.4. The van der Waals surface area contributed by atoms with E-state index in [1.807, 2.05) is 12.1 Å². The molecule has 8 aromatic carbocycles. The van der Waals surface area contributed by atoms with E-state index < -0.39 is 48.3 Å². The van der Waals surface area contributed by atoms with Crippen LogP contribution in [-0.4, -0.2) is 95.1 Å². The molecule has 0 fully saturated rings. The van der Waals surface area contributed by atoms with E-state index >= 15 is 0 Å². The highest BCUT2D eigenvalue weighted by Gasteiger charge is 2.28. The first-order valence-electron chi connectivity index (χ1n) is 44.6. The summed E-state index contributed by atoms with van der Waals surface area (Å²) in [6.45, 7) is 15.6. The molecule has 0 spiro atoms. The van der Waals surface area contributed by atoms with E-state index in [1.54, 1.807) is 0 Å². The molecule has 0 radical (unpaired) electrons. The fraction of sp³-hybridized carbons (Fsp3) is 0.444. The molecule has 0 amide bonds. The molecule has 0 heterocycles. The molecule has 0 aliphatic heterocycles. The Morgan fingerprint density at radius 1 is 0.283 bits per heavy atom. The SMILES string of the molecule is C/C(=C\CC(CC(CCCCO)c1ccccc1)c1ccccc1)CC/C=C(\C)CCC(CC(CCCO)c1ccccc1)c1ccccc1.C/C(=C\CC(CC(CCCCOC(=O)C(C)OC(=O)C(C)O)c1ccccc1)c1ccccc1)CC/C=C(\C)CCC(CC(CCCOC(=O)C(C)OC(=O)C(C)O)c1ccccc1)c1ccccc1. The van der Waals surface area contributed by atoms with Crippen LogP contribution < -0.4 is 0 Å². The first-order valence-corrected chi connectivity index (χ1v) is 44.6. The van der Waals surface area contributed by atoms with Gasteiger partial charge in [0.25, 0.3) is 0 Å². The van der Waals surface area contributed by atoms with Gasteiger partial charge in [-0.05, 0) is 295 Å². The molecule has 0 aliphatic rings. The number of carbonyl (C=O) groups excluding carboxylic acids is 4. The van der Waals surface area contributed by atoms with Crippen molar-refractivity contribution in [1.29, 1.82) is 0 Å². The smallest absolute Gasteiger partial charge is 0.347 e. The van der Waals surface area contributed by atoms with Crippen LogP contribution in [0.3, 0.4) is 0 Å². The van der Waals surface area contributed by atoms with Crippen molar-refractivity contribution < 1.29 is 58.6 Å². The quantitative estimate of drug-likeness (QED) is 0.0123. The molecule has 8 rings (SSSR count). The zero-order chi connectivity index (χ0) is 85.9. The van der Waals surface area contributed by atoms with Crippen molar-refractivity contribution in [2.75, 3.05) is 26.4 Å².